The lowest BCUT2D eigenvalue weighted by Gasteiger charge is -2.34. The Labute approximate surface area is 96.2 Å². The molecule has 0 radical (unpaired) electrons. The highest BCUT2D eigenvalue weighted by Crippen LogP contribution is 2.27. The number of anilines is 1. The lowest BCUT2D eigenvalue weighted by Crippen LogP contribution is -2.40. The lowest BCUT2D eigenvalue weighted by atomic mass is 9.83. The van der Waals surface area contributed by atoms with Crippen LogP contribution in [0, 0.1) is 5.92 Å². The molecule has 0 heterocycles. The van der Waals surface area contributed by atoms with Crippen LogP contribution in [-0.4, -0.2) is 12.1 Å². The second-order valence-electron chi connectivity index (χ2n) is 4.71. The van der Waals surface area contributed by atoms with Crippen molar-refractivity contribution in [3.8, 4) is 0 Å². The van der Waals surface area contributed by atoms with Crippen molar-refractivity contribution in [2.75, 3.05) is 5.32 Å². The van der Waals surface area contributed by atoms with Crippen molar-refractivity contribution in [1.82, 2.24) is 5.54 Å². The van der Waals surface area contributed by atoms with Gasteiger partial charge < -0.3 is 5.32 Å². The molecule has 0 saturated heterocycles. The molecule has 0 aliphatic heterocycles. The summed E-state index contributed by atoms with van der Waals surface area (Å²) in [5.74, 6) is 0.602. The number of rotatable bonds is 3. The highest BCUT2D eigenvalue weighted by Gasteiger charge is 2.27. The summed E-state index contributed by atoms with van der Waals surface area (Å²) in [6, 6.07) is 10.5. The predicted molar refractivity (Wildman–Crippen MR) is 64.9 cm³/mol. The second-order valence-corrected chi connectivity index (χ2v) is 4.71. The molecular weight excluding hydrogens is 203 g/mol. The van der Waals surface area contributed by atoms with Crippen LogP contribution >= 0.6 is 0 Å². The van der Waals surface area contributed by atoms with Crippen LogP contribution in [0.5, 0.6) is 0 Å². The third-order valence-electron chi connectivity index (χ3n) is 3.48. The highest BCUT2D eigenvalue weighted by atomic mass is 19.2. The third kappa shape index (κ3) is 2.73. The van der Waals surface area contributed by atoms with Crippen LogP contribution in [-0.2, 0) is 0 Å². The van der Waals surface area contributed by atoms with Gasteiger partial charge in [-0.15, -0.1) is 4.48 Å². The number of benzene rings is 1. The zero-order valence-electron chi connectivity index (χ0n) is 9.62. The van der Waals surface area contributed by atoms with Crippen molar-refractivity contribution < 1.29 is 4.48 Å². The lowest BCUT2D eigenvalue weighted by molar-refractivity contribution is 0.193. The van der Waals surface area contributed by atoms with Crippen LogP contribution in [0.1, 0.15) is 26.2 Å². The minimum Gasteiger partial charge on any atom is -0.382 e. The van der Waals surface area contributed by atoms with Gasteiger partial charge in [0.15, 0.2) is 0 Å². The van der Waals surface area contributed by atoms with Crippen molar-refractivity contribution >= 4 is 5.69 Å². The molecule has 1 aliphatic rings. The van der Waals surface area contributed by atoms with E-state index in [9.17, 15) is 4.48 Å². The Hall–Kier alpha value is -1.09. The molecule has 3 atom stereocenters. The van der Waals surface area contributed by atoms with Gasteiger partial charge in [0.1, 0.15) is 0 Å². The van der Waals surface area contributed by atoms with E-state index in [1.807, 2.05) is 23.7 Å². The zero-order chi connectivity index (χ0) is 11.4. The van der Waals surface area contributed by atoms with Crippen LogP contribution in [0.3, 0.4) is 0 Å². The molecule has 1 aromatic carbocycles. The summed E-state index contributed by atoms with van der Waals surface area (Å²) in [6.45, 7) is 2.23. The SMILES string of the molecule is CC1CCC(NF)CC1Nc1ccccc1. The third-order valence-corrected chi connectivity index (χ3v) is 3.48. The smallest absolute Gasteiger partial charge is 0.0391 e. The molecule has 1 fully saturated rings. The first-order valence-electron chi connectivity index (χ1n) is 5.97. The van der Waals surface area contributed by atoms with Crippen molar-refractivity contribution in [2.45, 2.75) is 38.3 Å². The minimum absolute atomic E-state index is 0.0115. The van der Waals surface area contributed by atoms with Gasteiger partial charge in [0, 0.05) is 17.8 Å². The maximum absolute atomic E-state index is 12.4. The van der Waals surface area contributed by atoms with E-state index < -0.39 is 0 Å². The molecule has 0 aromatic heterocycles. The van der Waals surface area contributed by atoms with E-state index in [0.29, 0.717) is 12.0 Å². The van der Waals surface area contributed by atoms with E-state index in [1.165, 1.54) is 0 Å². The van der Waals surface area contributed by atoms with Gasteiger partial charge in [0.25, 0.3) is 0 Å². The molecule has 1 aliphatic carbocycles. The van der Waals surface area contributed by atoms with Crippen LogP contribution in [0.15, 0.2) is 30.3 Å². The fourth-order valence-electron chi connectivity index (χ4n) is 2.37. The van der Waals surface area contributed by atoms with Gasteiger partial charge in [0.05, 0.1) is 0 Å². The molecule has 0 amide bonds. The van der Waals surface area contributed by atoms with Gasteiger partial charge in [-0.3, -0.25) is 0 Å². The topological polar surface area (TPSA) is 24.1 Å². The van der Waals surface area contributed by atoms with Crippen molar-refractivity contribution in [3.05, 3.63) is 30.3 Å². The van der Waals surface area contributed by atoms with Crippen LogP contribution in [0.2, 0.25) is 0 Å². The fourth-order valence-corrected chi connectivity index (χ4v) is 2.37. The van der Waals surface area contributed by atoms with Crippen LogP contribution in [0.25, 0.3) is 0 Å². The minimum atomic E-state index is 0.0115. The summed E-state index contributed by atoms with van der Waals surface area (Å²) in [5.41, 5.74) is 3.02. The van der Waals surface area contributed by atoms with E-state index in [4.69, 9.17) is 0 Å². The molecule has 1 aromatic rings. The maximum atomic E-state index is 12.4. The molecular formula is C13H19FN2. The molecule has 16 heavy (non-hydrogen) atoms. The van der Waals surface area contributed by atoms with Gasteiger partial charge >= 0.3 is 0 Å². The van der Waals surface area contributed by atoms with Crippen molar-refractivity contribution in [1.29, 1.82) is 0 Å². The molecule has 0 bridgehead atoms. The normalized spacial score (nSPS) is 30.0. The Kier molecular flexibility index (Phi) is 3.78. The summed E-state index contributed by atoms with van der Waals surface area (Å²) in [5, 5.41) is 3.49. The van der Waals surface area contributed by atoms with Crippen molar-refractivity contribution in [3.63, 3.8) is 0 Å². The Balaban J connectivity index is 1.97. The fraction of sp³-hybridized carbons (Fsp3) is 0.538. The van der Waals surface area contributed by atoms with Gasteiger partial charge in [-0.25, -0.2) is 0 Å². The number of hydrogen-bond donors (Lipinski definition) is 2. The largest absolute Gasteiger partial charge is 0.382 e. The van der Waals surface area contributed by atoms with E-state index >= 15 is 0 Å². The molecule has 3 heteroatoms. The van der Waals surface area contributed by atoms with Gasteiger partial charge in [-0.2, -0.15) is 5.54 Å². The molecule has 0 spiro atoms. The monoisotopic (exact) mass is 222 g/mol. The molecule has 1 saturated carbocycles. The average Bonchev–Trinajstić information content (AvgIpc) is 2.33. The molecule has 3 unspecified atom stereocenters. The Morgan fingerprint density at radius 3 is 2.62 bits per heavy atom. The Morgan fingerprint density at radius 2 is 1.94 bits per heavy atom. The Morgan fingerprint density at radius 1 is 1.19 bits per heavy atom. The highest BCUT2D eigenvalue weighted by molar-refractivity contribution is 5.43. The predicted octanol–water partition coefficient (Wildman–Crippen LogP) is 3.13. The quantitative estimate of drug-likeness (QED) is 0.768. The van der Waals surface area contributed by atoms with Gasteiger partial charge in [-0.05, 0) is 37.3 Å². The molecule has 2 rings (SSSR count). The van der Waals surface area contributed by atoms with Crippen LogP contribution in [0.4, 0.5) is 10.2 Å². The first-order chi connectivity index (χ1) is 7.79. The summed E-state index contributed by atoms with van der Waals surface area (Å²) in [4.78, 5) is 0. The first kappa shape index (κ1) is 11.4. The van der Waals surface area contributed by atoms with Crippen LogP contribution < -0.4 is 10.9 Å². The average molecular weight is 222 g/mol. The molecule has 88 valence electrons. The van der Waals surface area contributed by atoms with Crippen molar-refractivity contribution in [2.24, 2.45) is 5.92 Å². The second kappa shape index (κ2) is 5.30. The summed E-state index contributed by atoms with van der Waals surface area (Å²) in [7, 11) is 0. The number of halogens is 1. The maximum Gasteiger partial charge on any atom is 0.0391 e. The van der Waals surface area contributed by atoms with E-state index in [1.54, 1.807) is 0 Å². The first-order valence-corrected chi connectivity index (χ1v) is 5.97. The standard InChI is InChI=1S/C13H19FN2/c1-10-7-8-12(16-14)9-13(10)15-11-5-3-2-4-6-11/h2-6,10,12-13,15-16H,7-9H2,1H3. The Bertz CT molecular complexity index is 315. The molecule has 2 nitrogen and oxygen atoms in total. The summed E-state index contributed by atoms with van der Waals surface area (Å²) < 4.78 is 12.4. The van der Waals surface area contributed by atoms with E-state index in [-0.39, 0.29) is 6.04 Å². The number of nitrogens with one attached hydrogen (secondary N) is 2. The van der Waals surface area contributed by atoms with E-state index in [2.05, 4.69) is 24.4 Å². The number of hydrogen-bond acceptors (Lipinski definition) is 2. The summed E-state index contributed by atoms with van der Waals surface area (Å²) in [6.07, 6.45) is 2.86. The number of para-hydroxylation sites is 1. The van der Waals surface area contributed by atoms with E-state index in [0.717, 1.165) is 24.9 Å². The van der Waals surface area contributed by atoms with Gasteiger partial charge in [0.2, 0.25) is 0 Å². The van der Waals surface area contributed by atoms with Gasteiger partial charge in [-0.1, -0.05) is 25.1 Å². The zero-order valence-corrected chi connectivity index (χ0v) is 9.62. The summed E-state index contributed by atoms with van der Waals surface area (Å²) >= 11 is 0. The molecule has 2 N–H and O–H groups in total.